The van der Waals surface area contributed by atoms with Crippen molar-refractivity contribution in [1.29, 1.82) is 5.26 Å². The van der Waals surface area contributed by atoms with E-state index in [4.69, 9.17) is 13.1 Å². The molecular formula is C31H17IrN5-2. The van der Waals surface area contributed by atoms with E-state index in [1.54, 1.807) is 12.4 Å². The molecule has 5 nitrogen and oxygen atoms in total. The molecule has 5 aromatic rings. The molecule has 177 valence electrons. The SMILES string of the molecule is [C-]#[N+]c1cc(C#N)[c-]c(-c2ncccc2-c2ccccc2)c1[N+]#[C-].[Ir].[c-]1ccccc1-c1ccccn1. The largest absolute Gasteiger partial charge is 0.305 e. The van der Waals surface area contributed by atoms with Crippen LogP contribution in [0.1, 0.15) is 5.56 Å². The predicted molar refractivity (Wildman–Crippen MR) is 140 cm³/mol. The van der Waals surface area contributed by atoms with Crippen LogP contribution in [0.3, 0.4) is 0 Å². The van der Waals surface area contributed by atoms with Crippen LogP contribution in [0.5, 0.6) is 0 Å². The molecular weight excluding hydrogens is 635 g/mol. The van der Waals surface area contributed by atoms with E-state index in [1.807, 2.05) is 91.0 Å². The summed E-state index contributed by atoms with van der Waals surface area (Å²) in [6, 6.07) is 36.5. The molecule has 0 aliphatic heterocycles. The normalized spacial score (nSPS) is 9.32. The third kappa shape index (κ3) is 6.40. The van der Waals surface area contributed by atoms with Gasteiger partial charge in [-0.15, -0.1) is 48.0 Å². The van der Waals surface area contributed by atoms with Crippen molar-refractivity contribution in [3.63, 3.8) is 0 Å². The summed E-state index contributed by atoms with van der Waals surface area (Å²) in [5.74, 6) is 0. The molecule has 0 aliphatic rings. The van der Waals surface area contributed by atoms with Gasteiger partial charge in [-0.25, -0.2) is 5.26 Å². The zero-order chi connectivity index (χ0) is 25.2. The van der Waals surface area contributed by atoms with Gasteiger partial charge in [0.2, 0.25) is 0 Å². The second-order valence-electron chi connectivity index (χ2n) is 7.38. The first kappa shape index (κ1) is 26.7. The summed E-state index contributed by atoms with van der Waals surface area (Å²) in [6.07, 6.45) is 3.41. The van der Waals surface area contributed by atoms with E-state index in [2.05, 4.69) is 31.8 Å². The number of hydrogen-bond acceptors (Lipinski definition) is 3. The van der Waals surface area contributed by atoms with E-state index in [1.165, 1.54) is 6.07 Å². The van der Waals surface area contributed by atoms with Gasteiger partial charge in [-0.2, -0.15) is 0 Å². The number of rotatable bonds is 3. The molecule has 6 heteroatoms. The zero-order valence-corrected chi connectivity index (χ0v) is 21.8. The summed E-state index contributed by atoms with van der Waals surface area (Å²) in [4.78, 5) is 15.5. The summed E-state index contributed by atoms with van der Waals surface area (Å²) in [5, 5.41) is 9.20. The van der Waals surface area contributed by atoms with Gasteiger partial charge in [0.15, 0.2) is 11.4 Å². The first-order chi connectivity index (χ1) is 17.7. The molecule has 0 bridgehead atoms. The van der Waals surface area contributed by atoms with Crippen LogP contribution >= 0.6 is 0 Å². The average Bonchev–Trinajstić information content (AvgIpc) is 2.98. The van der Waals surface area contributed by atoms with E-state index in [0.717, 1.165) is 22.4 Å². The second-order valence-corrected chi connectivity index (χ2v) is 7.38. The fourth-order valence-electron chi connectivity index (χ4n) is 3.52. The van der Waals surface area contributed by atoms with Gasteiger partial charge in [-0.3, -0.25) is 14.7 Å². The van der Waals surface area contributed by atoms with Crippen LogP contribution in [0, 0.1) is 36.6 Å². The van der Waals surface area contributed by atoms with Crippen molar-refractivity contribution in [2.75, 3.05) is 0 Å². The third-order valence-corrected chi connectivity index (χ3v) is 5.15. The standard InChI is InChI=1S/C20H9N4.C11H8N.Ir/c1-22-18-12-14(13-21)11-17(20(18)23-2)19-16(9-6-10-24-19)15-7-4-3-5-8-15;1-2-6-10(7-3-1)11-8-4-5-9-12-11;/h3-10,12H;1-6,8-9H;/q2*-1;. The van der Waals surface area contributed by atoms with Crippen molar-refractivity contribution in [1.82, 2.24) is 9.97 Å². The van der Waals surface area contributed by atoms with Gasteiger partial charge in [-0.1, -0.05) is 59.7 Å². The Balaban J connectivity index is 0.000000246. The Kier molecular flexibility index (Phi) is 9.55. The van der Waals surface area contributed by atoms with E-state index in [-0.39, 0.29) is 37.0 Å². The molecule has 0 unspecified atom stereocenters. The Hall–Kier alpha value is -4.92. The topological polar surface area (TPSA) is 58.3 Å². The van der Waals surface area contributed by atoms with Crippen LogP contribution in [0.25, 0.3) is 43.3 Å². The van der Waals surface area contributed by atoms with Crippen molar-refractivity contribution in [3.8, 4) is 39.7 Å². The van der Waals surface area contributed by atoms with E-state index >= 15 is 0 Å². The molecule has 37 heavy (non-hydrogen) atoms. The van der Waals surface area contributed by atoms with Gasteiger partial charge < -0.3 is 4.98 Å². The minimum Gasteiger partial charge on any atom is -0.305 e. The van der Waals surface area contributed by atoms with Crippen molar-refractivity contribution in [2.45, 2.75) is 0 Å². The molecule has 3 aromatic carbocycles. The van der Waals surface area contributed by atoms with Gasteiger partial charge in [0.1, 0.15) is 0 Å². The number of nitriles is 1. The Morgan fingerprint density at radius 2 is 1.57 bits per heavy atom. The van der Waals surface area contributed by atoms with Crippen molar-refractivity contribution in [3.05, 3.63) is 144 Å². The molecule has 0 fully saturated rings. The molecule has 0 spiro atoms. The summed E-state index contributed by atoms with van der Waals surface area (Å²) >= 11 is 0. The van der Waals surface area contributed by atoms with Gasteiger partial charge in [0.25, 0.3) is 0 Å². The number of hydrogen-bond donors (Lipinski definition) is 0. The van der Waals surface area contributed by atoms with Crippen molar-refractivity contribution < 1.29 is 20.1 Å². The Morgan fingerprint density at radius 3 is 2.22 bits per heavy atom. The summed E-state index contributed by atoms with van der Waals surface area (Å²) < 4.78 is 0. The first-order valence-electron chi connectivity index (χ1n) is 10.9. The number of benzene rings is 3. The Bertz CT molecular complexity index is 1560. The average molecular weight is 652 g/mol. The van der Waals surface area contributed by atoms with Crippen LogP contribution < -0.4 is 0 Å². The van der Waals surface area contributed by atoms with Crippen molar-refractivity contribution >= 4 is 11.4 Å². The molecule has 0 aliphatic carbocycles. The quantitative estimate of drug-likeness (QED) is 0.188. The van der Waals surface area contributed by atoms with Crippen molar-refractivity contribution in [2.24, 2.45) is 0 Å². The smallest absolute Gasteiger partial charge is 0.181 e. The van der Waals surface area contributed by atoms with Crippen LogP contribution in [0.15, 0.2) is 103 Å². The van der Waals surface area contributed by atoms with Gasteiger partial charge in [-0.05, 0) is 35.0 Å². The molecule has 0 N–H and O–H groups in total. The van der Waals surface area contributed by atoms with E-state index < -0.39 is 0 Å². The number of pyridine rings is 2. The van der Waals surface area contributed by atoms with Gasteiger partial charge in [0.05, 0.1) is 13.1 Å². The van der Waals surface area contributed by atoms with E-state index in [0.29, 0.717) is 11.3 Å². The summed E-state index contributed by atoms with van der Waals surface area (Å²) in [5.41, 5.74) is 5.22. The van der Waals surface area contributed by atoms with Crippen LogP contribution in [-0.4, -0.2) is 9.97 Å². The molecule has 1 radical (unpaired) electrons. The minimum absolute atomic E-state index is 0. The number of nitrogens with zero attached hydrogens (tertiary/aromatic N) is 5. The maximum atomic E-state index is 9.20. The molecule has 0 saturated heterocycles. The maximum Gasteiger partial charge on any atom is 0.181 e. The first-order valence-corrected chi connectivity index (χ1v) is 10.9. The molecule has 0 saturated carbocycles. The zero-order valence-electron chi connectivity index (χ0n) is 19.4. The molecule has 5 rings (SSSR count). The Morgan fingerprint density at radius 1 is 0.811 bits per heavy atom. The Labute approximate surface area is 229 Å². The van der Waals surface area contributed by atoms with E-state index in [9.17, 15) is 5.26 Å². The molecule has 0 atom stereocenters. The molecule has 2 aromatic heterocycles. The van der Waals surface area contributed by atoms with Crippen LogP contribution in [-0.2, 0) is 20.1 Å². The predicted octanol–water partition coefficient (Wildman–Crippen LogP) is 7.74. The second kappa shape index (κ2) is 13.2. The molecule has 0 amide bonds. The fraction of sp³-hybridized carbons (Fsp3) is 0. The maximum absolute atomic E-state index is 9.20. The summed E-state index contributed by atoms with van der Waals surface area (Å²) in [6.45, 7) is 14.7. The number of aromatic nitrogens is 2. The monoisotopic (exact) mass is 652 g/mol. The minimum atomic E-state index is 0. The van der Waals surface area contributed by atoms with Crippen LogP contribution in [0.2, 0.25) is 0 Å². The summed E-state index contributed by atoms with van der Waals surface area (Å²) in [7, 11) is 0. The van der Waals surface area contributed by atoms with Gasteiger partial charge in [0, 0.05) is 38.2 Å². The third-order valence-electron chi connectivity index (χ3n) is 5.15. The van der Waals surface area contributed by atoms with Crippen LogP contribution in [0.4, 0.5) is 11.4 Å². The molecule has 2 heterocycles. The fourth-order valence-corrected chi connectivity index (χ4v) is 3.52. The van der Waals surface area contributed by atoms with Gasteiger partial charge >= 0.3 is 0 Å².